The van der Waals surface area contributed by atoms with E-state index < -0.39 is 0 Å². The standard InChI is InChI=1S/C7H6N2O.C2H6.H2/c10-7-5-3-1-2-4-6(5)8-9-7;1-2;/h1-4H,(H2,8,9,10);1-2H3;1H. The molecule has 0 aliphatic rings. The van der Waals surface area contributed by atoms with Crippen LogP contribution < -0.4 is 5.56 Å². The lowest BCUT2D eigenvalue weighted by Crippen LogP contribution is -1.96. The van der Waals surface area contributed by atoms with Crippen LogP contribution in [-0.2, 0) is 0 Å². The van der Waals surface area contributed by atoms with E-state index in [0.29, 0.717) is 5.39 Å². The average Bonchev–Trinajstić information content (AvgIpc) is 2.53. The second kappa shape index (κ2) is 3.76. The summed E-state index contributed by atoms with van der Waals surface area (Å²) >= 11 is 0. The van der Waals surface area contributed by atoms with Crippen molar-refractivity contribution in [2.45, 2.75) is 13.8 Å². The first-order chi connectivity index (χ1) is 5.88. The first kappa shape index (κ1) is 8.59. The van der Waals surface area contributed by atoms with E-state index in [1.54, 1.807) is 6.07 Å². The molecule has 0 aliphatic heterocycles. The third-order valence-corrected chi connectivity index (χ3v) is 1.48. The number of hydrogen-bond acceptors (Lipinski definition) is 1. The van der Waals surface area contributed by atoms with Gasteiger partial charge in [-0.15, -0.1) is 0 Å². The fourth-order valence-electron chi connectivity index (χ4n) is 0.982. The average molecular weight is 166 g/mol. The minimum Gasteiger partial charge on any atom is -0.298 e. The van der Waals surface area contributed by atoms with E-state index in [9.17, 15) is 4.79 Å². The molecule has 0 saturated heterocycles. The minimum atomic E-state index is -0.0596. The molecule has 0 fully saturated rings. The van der Waals surface area contributed by atoms with Crippen molar-refractivity contribution in [3.8, 4) is 0 Å². The van der Waals surface area contributed by atoms with Crippen molar-refractivity contribution in [2.24, 2.45) is 0 Å². The van der Waals surface area contributed by atoms with Gasteiger partial charge in [0.2, 0.25) is 0 Å². The van der Waals surface area contributed by atoms with Gasteiger partial charge in [0.15, 0.2) is 0 Å². The van der Waals surface area contributed by atoms with E-state index in [1.165, 1.54) is 0 Å². The lowest BCUT2D eigenvalue weighted by atomic mass is 10.3. The van der Waals surface area contributed by atoms with Crippen LogP contribution in [0.2, 0.25) is 0 Å². The van der Waals surface area contributed by atoms with E-state index in [2.05, 4.69) is 10.2 Å². The normalized spacial score (nSPS) is 9.17. The highest BCUT2D eigenvalue weighted by atomic mass is 16.1. The molecule has 3 heteroatoms. The van der Waals surface area contributed by atoms with Gasteiger partial charge in [0, 0.05) is 1.43 Å². The fraction of sp³-hybridized carbons (Fsp3) is 0.222. The number of benzene rings is 1. The predicted octanol–water partition coefficient (Wildman–Crippen LogP) is 2.13. The Morgan fingerprint density at radius 3 is 2.50 bits per heavy atom. The third kappa shape index (κ3) is 1.39. The molecule has 0 spiro atoms. The van der Waals surface area contributed by atoms with Crippen molar-refractivity contribution in [1.82, 2.24) is 10.2 Å². The summed E-state index contributed by atoms with van der Waals surface area (Å²) in [6.45, 7) is 4.00. The third-order valence-electron chi connectivity index (χ3n) is 1.48. The van der Waals surface area contributed by atoms with Crippen LogP contribution in [0, 0.1) is 0 Å². The monoisotopic (exact) mass is 166 g/mol. The molecule has 0 amide bonds. The number of aromatic nitrogens is 2. The maximum absolute atomic E-state index is 10.9. The van der Waals surface area contributed by atoms with Crippen molar-refractivity contribution in [3.05, 3.63) is 34.6 Å². The van der Waals surface area contributed by atoms with Gasteiger partial charge in [-0.1, -0.05) is 26.0 Å². The zero-order valence-electron chi connectivity index (χ0n) is 7.22. The van der Waals surface area contributed by atoms with Crippen molar-refractivity contribution in [3.63, 3.8) is 0 Å². The number of nitrogens with one attached hydrogen (secondary N) is 2. The molecule has 1 aromatic heterocycles. The summed E-state index contributed by atoms with van der Waals surface area (Å²) in [5, 5.41) is 5.96. The molecule has 2 aromatic rings. The Bertz CT molecular complexity index is 405. The van der Waals surface area contributed by atoms with E-state index in [0.717, 1.165) is 5.52 Å². The topological polar surface area (TPSA) is 48.6 Å². The zero-order valence-corrected chi connectivity index (χ0v) is 7.22. The maximum atomic E-state index is 10.9. The van der Waals surface area contributed by atoms with Crippen LogP contribution in [0.5, 0.6) is 0 Å². The van der Waals surface area contributed by atoms with Crippen LogP contribution in [0.15, 0.2) is 29.1 Å². The molecule has 0 radical (unpaired) electrons. The molecule has 1 aromatic carbocycles. The quantitative estimate of drug-likeness (QED) is 0.618. The highest BCUT2D eigenvalue weighted by Crippen LogP contribution is 2.02. The Labute approximate surface area is 71.9 Å². The number of hydrogen-bond donors (Lipinski definition) is 2. The molecule has 66 valence electrons. The maximum Gasteiger partial charge on any atom is 0.271 e. The smallest absolute Gasteiger partial charge is 0.271 e. The molecule has 0 aliphatic carbocycles. The predicted molar refractivity (Wildman–Crippen MR) is 52.4 cm³/mol. The Kier molecular flexibility index (Phi) is 2.69. The Hall–Kier alpha value is -1.51. The summed E-state index contributed by atoms with van der Waals surface area (Å²) in [7, 11) is 0. The Balaban J connectivity index is 0.000000451. The van der Waals surface area contributed by atoms with Gasteiger partial charge < -0.3 is 0 Å². The molecule has 2 rings (SSSR count). The number of rotatable bonds is 0. The summed E-state index contributed by atoms with van der Waals surface area (Å²) in [4.78, 5) is 10.9. The van der Waals surface area contributed by atoms with Crippen molar-refractivity contribution < 1.29 is 1.43 Å². The summed E-state index contributed by atoms with van der Waals surface area (Å²) in [5.74, 6) is 0. The molecule has 2 N–H and O–H groups in total. The first-order valence-electron chi connectivity index (χ1n) is 4.03. The van der Waals surface area contributed by atoms with Gasteiger partial charge in [-0.3, -0.25) is 15.0 Å². The van der Waals surface area contributed by atoms with Crippen LogP contribution in [0.1, 0.15) is 15.3 Å². The van der Waals surface area contributed by atoms with Crippen LogP contribution in [-0.4, -0.2) is 10.2 Å². The van der Waals surface area contributed by atoms with Gasteiger partial charge in [0.05, 0.1) is 10.9 Å². The molecular weight excluding hydrogens is 152 g/mol. The van der Waals surface area contributed by atoms with E-state index in [-0.39, 0.29) is 6.99 Å². The van der Waals surface area contributed by atoms with Crippen molar-refractivity contribution in [2.75, 3.05) is 0 Å². The van der Waals surface area contributed by atoms with E-state index in [4.69, 9.17) is 0 Å². The van der Waals surface area contributed by atoms with Crippen molar-refractivity contribution in [1.29, 1.82) is 0 Å². The number of fused-ring (bicyclic) bond motifs is 1. The van der Waals surface area contributed by atoms with Crippen LogP contribution in [0.25, 0.3) is 10.9 Å². The van der Waals surface area contributed by atoms with Crippen molar-refractivity contribution >= 4 is 10.9 Å². The molecule has 0 unspecified atom stereocenters. The van der Waals surface area contributed by atoms with Crippen LogP contribution in [0.4, 0.5) is 0 Å². The zero-order chi connectivity index (χ0) is 8.97. The number of aromatic amines is 2. The molecule has 0 bridgehead atoms. The van der Waals surface area contributed by atoms with Gasteiger partial charge in [0.1, 0.15) is 0 Å². The Morgan fingerprint density at radius 1 is 1.17 bits per heavy atom. The Morgan fingerprint density at radius 2 is 1.83 bits per heavy atom. The lowest BCUT2D eigenvalue weighted by Gasteiger charge is -1.80. The second-order valence-electron chi connectivity index (χ2n) is 2.12. The molecule has 1 heterocycles. The minimum absolute atomic E-state index is 0. The van der Waals surface area contributed by atoms with Gasteiger partial charge in [0.25, 0.3) is 5.56 Å². The molecule has 12 heavy (non-hydrogen) atoms. The summed E-state index contributed by atoms with van der Waals surface area (Å²) in [6, 6.07) is 7.36. The van der Waals surface area contributed by atoms with Crippen LogP contribution >= 0.6 is 0 Å². The van der Waals surface area contributed by atoms with E-state index in [1.807, 2.05) is 32.0 Å². The second-order valence-corrected chi connectivity index (χ2v) is 2.12. The molecular formula is C9H14N2O. The van der Waals surface area contributed by atoms with Gasteiger partial charge in [-0.2, -0.15) is 0 Å². The summed E-state index contributed by atoms with van der Waals surface area (Å²) in [6.07, 6.45) is 0. The fourth-order valence-corrected chi connectivity index (χ4v) is 0.982. The summed E-state index contributed by atoms with van der Waals surface area (Å²) < 4.78 is 0. The largest absolute Gasteiger partial charge is 0.298 e. The van der Waals surface area contributed by atoms with Gasteiger partial charge in [-0.05, 0) is 12.1 Å². The van der Waals surface area contributed by atoms with Gasteiger partial charge >= 0.3 is 0 Å². The molecule has 3 nitrogen and oxygen atoms in total. The SMILES string of the molecule is CC.O=c1[nH][nH]c2ccccc12.[HH]. The van der Waals surface area contributed by atoms with Crippen LogP contribution in [0.3, 0.4) is 0 Å². The number of H-pyrrole nitrogens is 2. The van der Waals surface area contributed by atoms with Gasteiger partial charge in [-0.25, -0.2) is 0 Å². The lowest BCUT2D eigenvalue weighted by molar-refractivity contribution is 1.08. The molecule has 0 saturated carbocycles. The highest BCUT2D eigenvalue weighted by Gasteiger charge is 1.95. The first-order valence-corrected chi connectivity index (χ1v) is 4.03. The molecule has 0 atom stereocenters. The van der Waals surface area contributed by atoms with E-state index >= 15 is 0 Å². The highest BCUT2D eigenvalue weighted by molar-refractivity contribution is 5.77. The number of para-hydroxylation sites is 1. The summed E-state index contributed by atoms with van der Waals surface area (Å²) in [5.41, 5.74) is 0.795.